The molecule has 7 heteroatoms. The van der Waals surface area contributed by atoms with Crippen LogP contribution in [0.2, 0.25) is 5.02 Å². The monoisotopic (exact) mass is 349 g/mol. The maximum atomic E-state index is 12.3. The van der Waals surface area contributed by atoms with E-state index in [1.54, 1.807) is 47.4 Å². The van der Waals surface area contributed by atoms with Gasteiger partial charge in [0.2, 0.25) is 5.95 Å². The summed E-state index contributed by atoms with van der Waals surface area (Å²) in [7, 11) is 0. The molecule has 1 N–H and O–H groups in total. The van der Waals surface area contributed by atoms with Crippen LogP contribution < -0.4 is 5.32 Å². The molecule has 0 spiro atoms. The highest BCUT2D eigenvalue weighted by Crippen LogP contribution is 2.20. The smallest absolute Gasteiger partial charge is 0.258 e. The Bertz CT molecular complexity index is 1060. The Labute approximate surface area is 148 Å². The quantitative estimate of drug-likeness (QED) is 0.612. The summed E-state index contributed by atoms with van der Waals surface area (Å²) < 4.78 is 1.61. The molecule has 1 amide bonds. The Morgan fingerprint density at radius 2 is 1.88 bits per heavy atom. The van der Waals surface area contributed by atoms with Gasteiger partial charge in [0.05, 0.1) is 0 Å². The Hall–Kier alpha value is -3.25. The zero-order chi connectivity index (χ0) is 17.2. The fraction of sp³-hybridized carbons (Fsp3) is 0. The van der Waals surface area contributed by atoms with Crippen molar-refractivity contribution in [1.29, 1.82) is 0 Å². The molecule has 4 aromatic rings. The van der Waals surface area contributed by atoms with Crippen LogP contribution in [0.25, 0.3) is 16.8 Å². The molecule has 3 heterocycles. The van der Waals surface area contributed by atoms with Gasteiger partial charge in [-0.05, 0) is 53.6 Å². The van der Waals surface area contributed by atoms with E-state index in [1.165, 1.54) is 0 Å². The van der Waals surface area contributed by atoms with Crippen molar-refractivity contribution in [1.82, 2.24) is 19.6 Å². The molecule has 4 rings (SSSR count). The lowest BCUT2D eigenvalue weighted by atomic mass is 10.1. The summed E-state index contributed by atoms with van der Waals surface area (Å²) in [5, 5.41) is 7.44. The van der Waals surface area contributed by atoms with Crippen molar-refractivity contribution >= 4 is 29.1 Å². The highest BCUT2D eigenvalue weighted by atomic mass is 35.5. The number of benzene rings is 1. The van der Waals surface area contributed by atoms with Crippen molar-refractivity contribution in [2.45, 2.75) is 0 Å². The number of halogens is 1. The van der Waals surface area contributed by atoms with Gasteiger partial charge < -0.3 is 0 Å². The Kier molecular flexibility index (Phi) is 3.87. The Morgan fingerprint density at radius 3 is 2.68 bits per heavy atom. The molecule has 0 radical (unpaired) electrons. The molecule has 0 fully saturated rings. The van der Waals surface area contributed by atoms with Gasteiger partial charge in [0, 0.05) is 29.2 Å². The number of hydrogen-bond acceptors (Lipinski definition) is 4. The maximum absolute atomic E-state index is 12.3. The van der Waals surface area contributed by atoms with Crippen molar-refractivity contribution in [3.05, 3.63) is 77.7 Å². The van der Waals surface area contributed by atoms with Crippen molar-refractivity contribution in [3.63, 3.8) is 0 Å². The van der Waals surface area contributed by atoms with E-state index in [4.69, 9.17) is 11.6 Å². The summed E-state index contributed by atoms with van der Waals surface area (Å²) in [6.07, 6.45) is 5.27. The van der Waals surface area contributed by atoms with Gasteiger partial charge in [-0.3, -0.25) is 15.1 Å². The SMILES string of the molecule is O=C(Nc1nc2cc(-c3ccncc3)ccn2n1)c1cccc(Cl)c1. The van der Waals surface area contributed by atoms with Crippen molar-refractivity contribution < 1.29 is 4.79 Å². The number of nitrogens with one attached hydrogen (secondary N) is 1. The average Bonchev–Trinajstić information content (AvgIpc) is 3.03. The molecule has 0 bridgehead atoms. The van der Waals surface area contributed by atoms with Crippen LogP contribution in [0.3, 0.4) is 0 Å². The number of nitrogens with zero attached hydrogens (tertiary/aromatic N) is 4. The summed E-state index contributed by atoms with van der Waals surface area (Å²) in [6.45, 7) is 0. The van der Waals surface area contributed by atoms with E-state index in [2.05, 4.69) is 20.4 Å². The molecule has 0 atom stereocenters. The van der Waals surface area contributed by atoms with Crippen molar-refractivity contribution in [3.8, 4) is 11.1 Å². The van der Waals surface area contributed by atoms with E-state index >= 15 is 0 Å². The molecule has 0 aliphatic carbocycles. The normalized spacial score (nSPS) is 10.8. The summed E-state index contributed by atoms with van der Waals surface area (Å²) >= 11 is 5.91. The predicted octanol–water partition coefficient (Wildman–Crippen LogP) is 3.70. The van der Waals surface area contributed by atoms with Gasteiger partial charge in [-0.2, -0.15) is 4.98 Å². The number of aromatic nitrogens is 4. The largest absolute Gasteiger partial charge is 0.289 e. The first-order valence-electron chi connectivity index (χ1n) is 7.53. The number of rotatable bonds is 3. The Balaban J connectivity index is 1.62. The summed E-state index contributed by atoms with van der Waals surface area (Å²) in [6, 6.07) is 14.4. The molecule has 0 saturated carbocycles. The maximum Gasteiger partial charge on any atom is 0.258 e. The van der Waals surface area contributed by atoms with Crippen molar-refractivity contribution in [2.24, 2.45) is 0 Å². The van der Waals surface area contributed by atoms with Crippen LogP contribution in [0.4, 0.5) is 5.95 Å². The first-order valence-corrected chi connectivity index (χ1v) is 7.90. The fourth-order valence-corrected chi connectivity index (χ4v) is 2.65. The van der Waals surface area contributed by atoms with Gasteiger partial charge in [0.25, 0.3) is 5.91 Å². The molecule has 0 aliphatic rings. The molecule has 0 unspecified atom stereocenters. The minimum absolute atomic E-state index is 0.233. The minimum Gasteiger partial charge on any atom is -0.289 e. The molecule has 6 nitrogen and oxygen atoms in total. The van der Waals surface area contributed by atoms with Gasteiger partial charge in [-0.25, -0.2) is 4.52 Å². The first-order chi connectivity index (χ1) is 12.2. The van der Waals surface area contributed by atoms with Crippen molar-refractivity contribution in [2.75, 3.05) is 5.32 Å². The van der Waals surface area contributed by atoms with E-state index in [1.807, 2.05) is 24.3 Å². The van der Waals surface area contributed by atoms with Gasteiger partial charge in [0.1, 0.15) is 0 Å². The molecule has 25 heavy (non-hydrogen) atoms. The number of anilines is 1. The third kappa shape index (κ3) is 3.20. The van der Waals surface area contributed by atoms with Crippen LogP contribution in [0, 0.1) is 0 Å². The van der Waals surface area contributed by atoms with Crippen LogP contribution in [0.15, 0.2) is 67.1 Å². The summed E-state index contributed by atoms with van der Waals surface area (Å²) in [5.74, 6) is -0.0791. The lowest BCUT2D eigenvalue weighted by Gasteiger charge is -2.00. The van der Waals surface area contributed by atoms with E-state index in [9.17, 15) is 4.79 Å². The lowest BCUT2D eigenvalue weighted by Crippen LogP contribution is -2.12. The second-order valence-corrected chi connectivity index (χ2v) is 5.79. The highest BCUT2D eigenvalue weighted by Gasteiger charge is 2.11. The van der Waals surface area contributed by atoms with E-state index in [0.29, 0.717) is 16.2 Å². The van der Waals surface area contributed by atoms with Crippen LogP contribution >= 0.6 is 11.6 Å². The second kappa shape index (κ2) is 6.33. The first kappa shape index (κ1) is 15.3. The van der Waals surface area contributed by atoms with Gasteiger partial charge in [-0.1, -0.05) is 17.7 Å². The van der Waals surface area contributed by atoms with Gasteiger partial charge >= 0.3 is 0 Å². The molecule has 122 valence electrons. The van der Waals surface area contributed by atoms with Gasteiger partial charge in [0.15, 0.2) is 5.65 Å². The molecular weight excluding hydrogens is 338 g/mol. The van der Waals surface area contributed by atoms with Crippen LogP contribution in [-0.4, -0.2) is 25.5 Å². The van der Waals surface area contributed by atoms with Crippen LogP contribution in [0.5, 0.6) is 0 Å². The summed E-state index contributed by atoms with van der Waals surface area (Å²) in [5.41, 5.74) is 3.11. The summed E-state index contributed by atoms with van der Waals surface area (Å²) in [4.78, 5) is 20.6. The molecule has 0 aliphatic heterocycles. The molecular formula is C18H12ClN5O. The number of amides is 1. The topological polar surface area (TPSA) is 72.2 Å². The van der Waals surface area contributed by atoms with E-state index in [0.717, 1.165) is 11.1 Å². The van der Waals surface area contributed by atoms with E-state index in [-0.39, 0.29) is 11.9 Å². The number of carbonyl (C=O) groups is 1. The number of carbonyl (C=O) groups excluding carboxylic acids is 1. The lowest BCUT2D eigenvalue weighted by molar-refractivity contribution is 0.102. The van der Waals surface area contributed by atoms with Gasteiger partial charge in [-0.15, -0.1) is 5.10 Å². The van der Waals surface area contributed by atoms with Crippen LogP contribution in [0.1, 0.15) is 10.4 Å². The molecule has 1 aromatic carbocycles. The molecule has 0 saturated heterocycles. The standard InChI is InChI=1S/C18H12ClN5O/c19-15-3-1-2-14(10-15)17(25)22-18-21-16-11-13(6-9-24(16)23-18)12-4-7-20-8-5-12/h1-11H,(H,22,23,25). The molecule has 3 aromatic heterocycles. The minimum atomic E-state index is -0.312. The number of hydrogen-bond donors (Lipinski definition) is 1. The predicted molar refractivity (Wildman–Crippen MR) is 95.6 cm³/mol. The number of pyridine rings is 2. The Morgan fingerprint density at radius 1 is 1.04 bits per heavy atom. The van der Waals surface area contributed by atoms with E-state index < -0.39 is 0 Å². The third-order valence-corrected chi connectivity index (χ3v) is 3.90. The number of fused-ring (bicyclic) bond motifs is 1. The zero-order valence-electron chi connectivity index (χ0n) is 12.9. The zero-order valence-corrected chi connectivity index (χ0v) is 13.7. The van der Waals surface area contributed by atoms with Crippen LogP contribution in [-0.2, 0) is 0 Å². The second-order valence-electron chi connectivity index (χ2n) is 5.35. The third-order valence-electron chi connectivity index (χ3n) is 3.66. The average molecular weight is 350 g/mol. The highest BCUT2D eigenvalue weighted by molar-refractivity contribution is 6.31. The fourth-order valence-electron chi connectivity index (χ4n) is 2.46.